The van der Waals surface area contributed by atoms with Crippen molar-refractivity contribution in [3.8, 4) is 11.1 Å². The largest absolute Gasteiger partial charge is 0.465 e. The third-order valence-corrected chi connectivity index (χ3v) is 6.72. The molecule has 3 rings (SSSR count). The molecule has 41 heavy (non-hydrogen) atoms. The van der Waals surface area contributed by atoms with Gasteiger partial charge in [0.05, 0.1) is 6.61 Å². The maximum atomic E-state index is 12.6. The standard InChI is InChI=1S/C31H41N3O7/c1-3-7-30(38)33-22-10-12-24-25-13-11-23(19-27(25)28(26(24)18-22)20-41-21(2)36)34-31(39)9-6-8-29(37)32-14-17-40-16-5-4-15-35/h10-13,18-19,28,35H,3-9,14-17,20H2,1-2H3,(H,32,37)(H,33,38)(H,34,39). The molecular weight excluding hydrogens is 526 g/mol. The molecule has 1 aliphatic rings. The summed E-state index contributed by atoms with van der Waals surface area (Å²) in [6.07, 6.45) is 3.50. The van der Waals surface area contributed by atoms with Gasteiger partial charge in [0.15, 0.2) is 0 Å². The Bertz CT molecular complexity index is 1210. The highest BCUT2D eigenvalue weighted by Crippen LogP contribution is 2.46. The molecule has 222 valence electrons. The SMILES string of the molecule is CCCC(=O)Nc1ccc2c(c1)C(COC(C)=O)c1cc(NC(=O)CCCC(=O)NCCOCCCCO)ccc1-2. The Balaban J connectivity index is 1.56. The maximum absolute atomic E-state index is 12.6. The van der Waals surface area contributed by atoms with Crippen molar-refractivity contribution >= 4 is 35.1 Å². The second kappa shape index (κ2) is 16.5. The lowest BCUT2D eigenvalue weighted by molar-refractivity contribution is -0.141. The van der Waals surface area contributed by atoms with Crippen LogP contribution in [0.5, 0.6) is 0 Å². The molecule has 0 aliphatic heterocycles. The van der Waals surface area contributed by atoms with Gasteiger partial charge in [0.2, 0.25) is 17.7 Å². The number of anilines is 2. The van der Waals surface area contributed by atoms with E-state index in [0.29, 0.717) is 50.4 Å². The van der Waals surface area contributed by atoms with Crippen LogP contribution < -0.4 is 16.0 Å². The number of benzene rings is 2. The number of carbonyl (C=O) groups is 4. The fourth-order valence-corrected chi connectivity index (χ4v) is 4.75. The highest BCUT2D eigenvalue weighted by atomic mass is 16.5. The molecular formula is C31H41N3O7. The highest BCUT2D eigenvalue weighted by molar-refractivity contribution is 5.94. The molecule has 0 bridgehead atoms. The average Bonchev–Trinajstić information content (AvgIpc) is 3.23. The molecule has 4 N–H and O–H groups in total. The van der Waals surface area contributed by atoms with Crippen molar-refractivity contribution in [1.82, 2.24) is 5.32 Å². The van der Waals surface area contributed by atoms with E-state index in [1.807, 2.05) is 43.3 Å². The summed E-state index contributed by atoms with van der Waals surface area (Å²) >= 11 is 0. The molecule has 0 saturated heterocycles. The van der Waals surface area contributed by atoms with E-state index < -0.39 is 0 Å². The Kier molecular flexibility index (Phi) is 12.8. The second-order valence-corrected chi connectivity index (χ2v) is 10.1. The maximum Gasteiger partial charge on any atom is 0.302 e. The Morgan fingerprint density at radius 1 is 0.805 bits per heavy atom. The second-order valence-electron chi connectivity index (χ2n) is 10.1. The van der Waals surface area contributed by atoms with Crippen LogP contribution in [0, 0.1) is 0 Å². The number of amides is 3. The molecule has 0 saturated carbocycles. The minimum atomic E-state index is -0.383. The van der Waals surface area contributed by atoms with Gasteiger partial charge in [0, 0.05) is 63.2 Å². The molecule has 1 atom stereocenters. The van der Waals surface area contributed by atoms with Gasteiger partial charge >= 0.3 is 5.97 Å². The van der Waals surface area contributed by atoms with Crippen LogP contribution in [0.3, 0.4) is 0 Å². The topological polar surface area (TPSA) is 143 Å². The van der Waals surface area contributed by atoms with E-state index in [4.69, 9.17) is 14.6 Å². The first-order valence-electron chi connectivity index (χ1n) is 14.3. The van der Waals surface area contributed by atoms with E-state index in [9.17, 15) is 19.2 Å². The van der Waals surface area contributed by atoms with Crippen LogP contribution in [-0.2, 0) is 28.7 Å². The number of nitrogens with one attached hydrogen (secondary N) is 3. The van der Waals surface area contributed by atoms with Crippen LogP contribution in [-0.4, -0.2) is 61.8 Å². The van der Waals surface area contributed by atoms with Crippen molar-refractivity contribution in [2.75, 3.05) is 43.6 Å². The zero-order valence-corrected chi connectivity index (χ0v) is 23.9. The van der Waals surface area contributed by atoms with Crippen molar-refractivity contribution in [3.05, 3.63) is 47.5 Å². The molecule has 2 aromatic carbocycles. The van der Waals surface area contributed by atoms with E-state index in [1.54, 1.807) is 0 Å². The summed E-state index contributed by atoms with van der Waals surface area (Å²) < 4.78 is 10.8. The van der Waals surface area contributed by atoms with Crippen molar-refractivity contribution < 1.29 is 33.8 Å². The number of rotatable bonds is 17. The summed E-state index contributed by atoms with van der Waals surface area (Å²) in [5.74, 6) is -1.01. The number of fused-ring (bicyclic) bond motifs is 3. The van der Waals surface area contributed by atoms with Crippen molar-refractivity contribution in [1.29, 1.82) is 0 Å². The van der Waals surface area contributed by atoms with Gasteiger partial charge in [-0.05, 0) is 72.2 Å². The Hall–Kier alpha value is -3.76. The average molecular weight is 568 g/mol. The fourth-order valence-electron chi connectivity index (χ4n) is 4.75. The molecule has 10 nitrogen and oxygen atoms in total. The molecule has 1 unspecified atom stereocenters. The number of esters is 1. The Labute approximate surface area is 241 Å². The normalized spacial score (nSPS) is 13.2. The molecule has 0 spiro atoms. The third-order valence-electron chi connectivity index (χ3n) is 6.72. The molecule has 3 amide bonds. The van der Waals surface area contributed by atoms with Gasteiger partial charge in [-0.1, -0.05) is 19.1 Å². The molecule has 0 fully saturated rings. The van der Waals surface area contributed by atoms with Crippen molar-refractivity contribution in [2.24, 2.45) is 0 Å². The van der Waals surface area contributed by atoms with Gasteiger partial charge in [-0.3, -0.25) is 19.2 Å². The number of unbranched alkanes of at least 4 members (excludes halogenated alkanes) is 1. The van der Waals surface area contributed by atoms with Gasteiger partial charge in [0.1, 0.15) is 6.61 Å². The van der Waals surface area contributed by atoms with Gasteiger partial charge in [-0.15, -0.1) is 0 Å². The van der Waals surface area contributed by atoms with Gasteiger partial charge in [-0.25, -0.2) is 0 Å². The highest BCUT2D eigenvalue weighted by Gasteiger charge is 2.30. The zero-order chi connectivity index (χ0) is 29.6. The predicted octanol–water partition coefficient (Wildman–Crippen LogP) is 4.11. The van der Waals surface area contributed by atoms with E-state index in [1.165, 1.54) is 6.92 Å². The Morgan fingerprint density at radius 2 is 1.41 bits per heavy atom. The summed E-state index contributed by atoms with van der Waals surface area (Å²) in [4.78, 5) is 48.4. The number of hydrogen-bond acceptors (Lipinski definition) is 7. The van der Waals surface area contributed by atoms with Gasteiger partial charge in [0.25, 0.3) is 0 Å². The van der Waals surface area contributed by atoms with E-state index >= 15 is 0 Å². The van der Waals surface area contributed by atoms with Crippen LogP contribution in [0.15, 0.2) is 36.4 Å². The fraction of sp³-hybridized carbons (Fsp3) is 0.484. The Morgan fingerprint density at radius 3 is 2.00 bits per heavy atom. The smallest absolute Gasteiger partial charge is 0.302 e. The first kappa shape index (κ1) is 31.8. The van der Waals surface area contributed by atoms with Crippen molar-refractivity contribution in [3.63, 3.8) is 0 Å². The number of hydrogen-bond donors (Lipinski definition) is 4. The quantitative estimate of drug-likeness (QED) is 0.166. The summed E-state index contributed by atoms with van der Waals surface area (Å²) in [5, 5.41) is 17.4. The van der Waals surface area contributed by atoms with Crippen LogP contribution in [0.1, 0.15) is 75.8 Å². The molecule has 1 aliphatic carbocycles. The van der Waals surface area contributed by atoms with Crippen LogP contribution in [0.25, 0.3) is 11.1 Å². The molecule has 10 heteroatoms. The summed E-state index contributed by atoms with van der Waals surface area (Å²) in [6, 6.07) is 11.4. The van der Waals surface area contributed by atoms with Gasteiger partial charge in [-0.2, -0.15) is 0 Å². The first-order valence-corrected chi connectivity index (χ1v) is 14.3. The minimum absolute atomic E-state index is 0.0544. The lowest BCUT2D eigenvalue weighted by Gasteiger charge is -2.15. The van der Waals surface area contributed by atoms with E-state index in [0.717, 1.165) is 35.1 Å². The lowest BCUT2D eigenvalue weighted by Crippen LogP contribution is -2.27. The van der Waals surface area contributed by atoms with Crippen molar-refractivity contribution in [2.45, 2.75) is 64.7 Å². The van der Waals surface area contributed by atoms with E-state index in [-0.39, 0.29) is 55.7 Å². The minimum Gasteiger partial charge on any atom is -0.465 e. The first-order chi connectivity index (χ1) is 19.8. The van der Waals surface area contributed by atoms with E-state index in [2.05, 4.69) is 16.0 Å². The summed E-state index contributed by atoms with van der Waals surface area (Å²) in [6.45, 7) is 4.96. The number of carbonyl (C=O) groups excluding carboxylic acids is 4. The monoisotopic (exact) mass is 567 g/mol. The van der Waals surface area contributed by atoms with Gasteiger partial charge < -0.3 is 30.5 Å². The van der Waals surface area contributed by atoms with Crippen LogP contribution in [0.2, 0.25) is 0 Å². The van der Waals surface area contributed by atoms with Crippen LogP contribution in [0.4, 0.5) is 11.4 Å². The lowest BCUT2D eigenvalue weighted by atomic mass is 9.97. The summed E-state index contributed by atoms with van der Waals surface area (Å²) in [5.41, 5.74) is 5.15. The zero-order valence-electron chi connectivity index (χ0n) is 23.9. The molecule has 0 heterocycles. The predicted molar refractivity (Wildman–Crippen MR) is 157 cm³/mol. The number of ether oxygens (including phenoxy) is 2. The number of aliphatic hydroxyl groups excluding tert-OH is 1. The molecule has 0 aromatic heterocycles. The number of aliphatic hydroxyl groups is 1. The molecule has 0 radical (unpaired) electrons. The molecule has 2 aromatic rings. The summed E-state index contributed by atoms with van der Waals surface area (Å²) in [7, 11) is 0. The van der Waals surface area contributed by atoms with Crippen LogP contribution >= 0.6 is 0 Å². The third kappa shape index (κ3) is 9.98.